The van der Waals surface area contributed by atoms with Gasteiger partial charge in [0, 0.05) is 18.7 Å². The molecule has 0 radical (unpaired) electrons. The normalized spacial score (nSPS) is 14.6. The van der Waals surface area contributed by atoms with E-state index >= 15 is 0 Å². The number of likely N-dealkylation sites (tertiary alicyclic amines) is 1. The lowest BCUT2D eigenvalue weighted by molar-refractivity contribution is -0.137. The van der Waals surface area contributed by atoms with Gasteiger partial charge in [-0.3, -0.25) is 9.59 Å². The van der Waals surface area contributed by atoms with Crippen molar-refractivity contribution >= 4 is 22.6 Å². The topological polar surface area (TPSA) is 66.8 Å². The number of benzene rings is 3. The summed E-state index contributed by atoms with van der Waals surface area (Å²) >= 11 is 0. The Balaban J connectivity index is 1.40. The Morgan fingerprint density at radius 3 is 2.50 bits per heavy atom. The minimum Gasteiger partial charge on any atom is -0.493 e. The second-order valence-corrected chi connectivity index (χ2v) is 7.66. The molecule has 30 heavy (non-hydrogen) atoms. The van der Waals surface area contributed by atoms with Gasteiger partial charge in [-0.1, -0.05) is 48.5 Å². The van der Waals surface area contributed by atoms with Crippen LogP contribution in [0.2, 0.25) is 0 Å². The molecule has 3 aromatic rings. The third-order valence-electron chi connectivity index (χ3n) is 5.72. The fraction of sp³-hybridized carbons (Fsp3) is 0.280. The van der Waals surface area contributed by atoms with Crippen molar-refractivity contribution in [2.24, 2.45) is 0 Å². The van der Waals surface area contributed by atoms with E-state index in [1.54, 1.807) is 0 Å². The molecule has 1 aliphatic rings. The van der Waals surface area contributed by atoms with Gasteiger partial charge in [-0.05, 0) is 53.3 Å². The number of rotatable bonds is 6. The molecule has 5 heteroatoms. The number of hydrogen-bond donors (Lipinski definition) is 1. The molecule has 0 bridgehead atoms. The minimum atomic E-state index is -0.866. The summed E-state index contributed by atoms with van der Waals surface area (Å²) < 4.78 is 5.56. The van der Waals surface area contributed by atoms with E-state index in [4.69, 9.17) is 9.84 Å². The third kappa shape index (κ3) is 4.46. The highest BCUT2D eigenvalue weighted by molar-refractivity contribution is 6.07. The van der Waals surface area contributed by atoms with Crippen LogP contribution in [0.25, 0.3) is 10.8 Å². The standard InChI is InChI=1S/C25H25NO4/c27-24(28)13-16-30-21-8-3-7-20(17-21)18-11-14-26(15-12-18)25(29)23-10-4-6-19-5-1-2-9-22(19)23/h1-10,17-18H,11-16H2,(H,27,28). The lowest BCUT2D eigenvalue weighted by atomic mass is 9.89. The molecule has 0 spiro atoms. The average Bonchev–Trinajstić information content (AvgIpc) is 2.78. The number of carbonyl (C=O) groups excluding carboxylic acids is 1. The molecule has 154 valence electrons. The van der Waals surface area contributed by atoms with Crippen molar-refractivity contribution in [2.45, 2.75) is 25.2 Å². The van der Waals surface area contributed by atoms with Gasteiger partial charge in [-0.15, -0.1) is 0 Å². The first-order valence-electron chi connectivity index (χ1n) is 10.3. The maximum atomic E-state index is 13.1. The highest BCUT2D eigenvalue weighted by Crippen LogP contribution is 2.31. The Hall–Kier alpha value is -3.34. The van der Waals surface area contributed by atoms with Gasteiger partial charge in [0.2, 0.25) is 0 Å². The van der Waals surface area contributed by atoms with Crippen LogP contribution in [-0.2, 0) is 4.79 Å². The van der Waals surface area contributed by atoms with Crippen LogP contribution in [0.3, 0.4) is 0 Å². The summed E-state index contributed by atoms with van der Waals surface area (Å²) in [5.41, 5.74) is 1.94. The molecule has 3 aromatic carbocycles. The number of ether oxygens (including phenoxy) is 1. The lowest BCUT2D eigenvalue weighted by Gasteiger charge is -2.32. The summed E-state index contributed by atoms with van der Waals surface area (Å²) in [6.45, 7) is 1.60. The van der Waals surface area contributed by atoms with Crippen molar-refractivity contribution in [2.75, 3.05) is 19.7 Å². The van der Waals surface area contributed by atoms with Crippen LogP contribution in [0.1, 0.15) is 41.1 Å². The molecule has 5 nitrogen and oxygen atoms in total. The van der Waals surface area contributed by atoms with Gasteiger partial charge >= 0.3 is 5.97 Å². The molecule has 0 aromatic heterocycles. The van der Waals surface area contributed by atoms with E-state index < -0.39 is 5.97 Å². The van der Waals surface area contributed by atoms with E-state index in [9.17, 15) is 9.59 Å². The number of amides is 1. The number of piperidine rings is 1. The number of nitrogens with zero attached hydrogens (tertiary/aromatic N) is 1. The van der Waals surface area contributed by atoms with Gasteiger partial charge in [0.05, 0.1) is 13.0 Å². The Morgan fingerprint density at radius 1 is 0.967 bits per heavy atom. The molecule has 1 aliphatic heterocycles. The van der Waals surface area contributed by atoms with Crippen LogP contribution in [0.5, 0.6) is 5.75 Å². The van der Waals surface area contributed by atoms with E-state index in [2.05, 4.69) is 6.07 Å². The van der Waals surface area contributed by atoms with E-state index in [-0.39, 0.29) is 18.9 Å². The largest absolute Gasteiger partial charge is 0.493 e. The Bertz CT molecular complexity index is 1050. The molecule has 1 fully saturated rings. The first-order chi connectivity index (χ1) is 14.6. The fourth-order valence-corrected chi connectivity index (χ4v) is 4.11. The van der Waals surface area contributed by atoms with Crippen molar-refractivity contribution in [3.8, 4) is 5.75 Å². The number of fused-ring (bicyclic) bond motifs is 1. The van der Waals surface area contributed by atoms with E-state index in [1.165, 1.54) is 5.56 Å². The van der Waals surface area contributed by atoms with Gasteiger partial charge in [0.1, 0.15) is 5.75 Å². The predicted octanol–water partition coefficient (Wildman–Crippen LogP) is 4.71. The maximum Gasteiger partial charge on any atom is 0.306 e. The number of carboxylic acids is 1. The minimum absolute atomic E-state index is 0.0150. The Kier molecular flexibility index (Phi) is 5.98. The van der Waals surface area contributed by atoms with Crippen LogP contribution in [0.4, 0.5) is 0 Å². The van der Waals surface area contributed by atoms with Crippen LogP contribution in [0.15, 0.2) is 66.7 Å². The van der Waals surface area contributed by atoms with Gasteiger partial charge in [-0.2, -0.15) is 0 Å². The molecule has 0 aliphatic carbocycles. The zero-order chi connectivity index (χ0) is 20.9. The highest BCUT2D eigenvalue weighted by Gasteiger charge is 2.25. The summed E-state index contributed by atoms with van der Waals surface area (Å²) in [7, 11) is 0. The molecule has 0 saturated carbocycles. The summed E-state index contributed by atoms with van der Waals surface area (Å²) in [5.74, 6) is 0.290. The Labute approximate surface area is 175 Å². The summed E-state index contributed by atoms with van der Waals surface area (Å²) in [6.07, 6.45) is 1.78. The smallest absolute Gasteiger partial charge is 0.306 e. The third-order valence-corrected chi connectivity index (χ3v) is 5.72. The average molecular weight is 403 g/mol. The van der Waals surface area contributed by atoms with Crippen molar-refractivity contribution in [1.29, 1.82) is 0 Å². The fourth-order valence-electron chi connectivity index (χ4n) is 4.11. The van der Waals surface area contributed by atoms with Gasteiger partial charge in [-0.25, -0.2) is 0 Å². The van der Waals surface area contributed by atoms with Crippen molar-refractivity contribution in [3.63, 3.8) is 0 Å². The summed E-state index contributed by atoms with van der Waals surface area (Å²) in [5, 5.41) is 10.8. The van der Waals surface area contributed by atoms with E-state index in [0.717, 1.165) is 42.3 Å². The molecular weight excluding hydrogens is 378 g/mol. The molecular formula is C25H25NO4. The first-order valence-corrected chi connectivity index (χ1v) is 10.3. The molecule has 1 heterocycles. The van der Waals surface area contributed by atoms with Gasteiger partial charge < -0.3 is 14.7 Å². The molecule has 0 unspecified atom stereocenters. The summed E-state index contributed by atoms with van der Waals surface area (Å²) in [4.78, 5) is 25.7. The second kappa shape index (κ2) is 8.99. The van der Waals surface area contributed by atoms with Crippen molar-refractivity contribution in [1.82, 2.24) is 4.90 Å². The zero-order valence-electron chi connectivity index (χ0n) is 16.8. The number of carboxylic acid groups (broad SMARTS) is 1. The van der Waals surface area contributed by atoms with Gasteiger partial charge in [0.15, 0.2) is 0 Å². The molecule has 0 atom stereocenters. The monoisotopic (exact) mass is 403 g/mol. The van der Waals surface area contributed by atoms with E-state index in [0.29, 0.717) is 11.7 Å². The van der Waals surface area contributed by atoms with Crippen LogP contribution >= 0.6 is 0 Å². The molecule has 1 amide bonds. The number of carbonyl (C=O) groups is 2. The van der Waals surface area contributed by atoms with E-state index in [1.807, 2.05) is 65.6 Å². The van der Waals surface area contributed by atoms with Crippen molar-refractivity contribution < 1.29 is 19.4 Å². The molecule has 4 rings (SSSR count). The SMILES string of the molecule is O=C(O)CCOc1cccc(C2CCN(C(=O)c3cccc4ccccc34)CC2)c1. The first kappa shape index (κ1) is 20.0. The number of hydrogen-bond acceptors (Lipinski definition) is 3. The predicted molar refractivity (Wildman–Crippen MR) is 116 cm³/mol. The van der Waals surface area contributed by atoms with Gasteiger partial charge in [0.25, 0.3) is 5.91 Å². The molecule has 1 saturated heterocycles. The van der Waals surface area contributed by atoms with Crippen LogP contribution < -0.4 is 4.74 Å². The molecule has 1 N–H and O–H groups in total. The second-order valence-electron chi connectivity index (χ2n) is 7.66. The lowest BCUT2D eigenvalue weighted by Crippen LogP contribution is -2.38. The summed E-state index contributed by atoms with van der Waals surface area (Å²) in [6, 6.07) is 21.7. The van der Waals surface area contributed by atoms with Crippen LogP contribution in [-0.4, -0.2) is 41.6 Å². The zero-order valence-corrected chi connectivity index (χ0v) is 16.8. The van der Waals surface area contributed by atoms with Crippen LogP contribution in [0, 0.1) is 0 Å². The quantitative estimate of drug-likeness (QED) is 0.647. The Morgan fingerprint density at radius 2 is 1.70 bits per heavy atom. The van der Waals surface area contributed by atoms with Crippen molar-refractivity contribution in [3.05, 3.63) is 77.9 Å². The highest BCUT2D eigenvalue weighted by atomic mass is 16.5. The maximum absolute atomic E-state index is 13.1. The number of aliphatic carboxylic acids is 1.